The van der Waals surface area contributed by atoms with Crippen LogP contribution in [-0.2, 0) is 14.8 Å². The van der Waals surface area contributed by atoms with Gasteiger partial charge < -0.3 is 10.2 Å². The molecule has 0 saturated carbocycles. The molecule has 1 aromatic rings. The lowest BCUT2D eigenvalue weighted by Gasteiger charge is -2.34. The molecule has 0 aromatic heterocycles. The van der Waals surface area contributed by atoms with E-state index < -0.39 is 10.0 Å². The van der Waals surface area contributed by atoms with Crippen molar-refractivity contribution in [2.24, 2.45) is 5.92 Å². The topological polar surface area (TPSA) is 69.7 Å². The molecule has 146 valence electrons. The van der Waals surface area contributed by atoms with Crippen LogP contribution in [0.25, 0.3) is 0 Å². The minimum atomic E-state index is -3.45. The lowest BCUT2D eigenvalue weighted by Crippen LogP contribution is -2.50. The number of nitrogens with zero attached hydrogens (tertiary/aromatic N) is 2. The van der Waals surface area contributed by atoms with Crippen molar-refractivity contribution in [2.45, 2.75) is 30.6 Å². The Bertz CT molecular complexity index is 670. The molecule has 1 amide bonds. The number of carbonyl (C=O) groups is 1. The molecule has 0 atom stereocenters. The summed E-state index contributed by atoms with van der Waals surface area (Å²) in [6.45, 7) is 3.81. The monoisotopic (exact) mass is 401 g/mol. The van der Waals surface area contributed by atoms with Crippen molar-refractivity contribution < 1.29 is 13.2 Å². The van der Waals surface area contributed by atoms with Gasteiger partial charge in [-0.05, 0) is 50.4 Å². The van der Waals surface area contributed by atoms with Gasteiger partial charge in [0, 0.05) is 32.6 Å². The van der Waals surface area contributed by atoms with E-state index in [1.807, 2.05) is 4.90 Å². The van der Waals surface area contributed by atoms with Crippen LogP contribution in [0.15, 0.2) is 35.2 Å². The average Bonchev–Trinajstić information content (AvgIpc) is 2.68. The molecule has 2 heterocycles. The summed E-state index contributed by atoms with van der Waals surface area (Å²) in [6.07, 6.45) is 3.83. The quantitative estimate of drug-likeness (QED) is 0.815. The van der Waals surface area contributed by atoms with Crippen LogP contribution >= 0.6 is 12.4 Å². The van der Waals surface area contributed by atoms with Crippen molar-refractivity contribution >= 4 is 28.3 Å². The second-order valence-corrected chi connectivity index (χ2v) is 8.77. The van der Waals surface area contributed by atoms with E-state index in [1.54, 1.807) is 30.3 Å². The second-order valence-electron chi connectivity index (χ2n) is 6.83. The Labute approximate surface area is 162 Å². The maximum Gasteiger partial charge on any atom is 0.243 e. The third kappa shape index (κ3) is 5.19. The highest BCUT2D eigenvalue weighted by atomic mass is 35.5. The number of nitrogens with one attached hydrogen (secondary N) is 1. The molecule has 0 aliphatic carbocycles. The second kappa shape index (κ2) is 9.69. The fourth-order valence-corrected chi connectivity index (χ4v) is 5.02. The maximum absolute atomic E-state index is 12.6. The summed E-state index contributed by atoms with van der Waals surface area (Å²) in [6, 6.07) is 8.50. The van der Waals surface area contributed by atoms with Gasteiger partial charge in [0.05, 0.1) is 4.90 Å². The van der Waals surface area contributed by atoms with Crippen LogP contribution in [0.1, 0.15) is 25.7 Å². The third-order valence-electron chi connectivity index (χ3n) is 5.20. The Kier molecular flexibility index (Phi) is 7.88. The number of hydrogen-bond acceptors (Lipinski definition) is 4. The average molecular weight is 402 g/mol. The number of piperazine rings is 1. The van der Waals surface area contributed by atoms with Crippen LogP contribution in [-0.4, -0.2) is 62.8 Å². The molecular formula is C18H28ClN3O3S. The number of hydrogen-bond donors (Lipinski definition) is 1. The SMILES string of the molecule is Cl.O=C(CCC1CCNCC1)N1CCN(S(=O)(=O)c2ccccc2)CC1. The Hall–Kier alpha value is -1.15. The van der Waals surface area contributed by atoms with E-state index in [0.717, 1.165) is 32.4 Å². The standard InChI is InChI=1S/C18H27N3O3S.ClH/c22-18(7-6-16-8-10-19-11-9-16)20-12-14-21(15-13-20)25(23,24)17-4-2-1-3-5-17;/h1-5,16,19H,6-15H2;1H. The van der Waals surface area contributed by atoms with Gasteiger partial charge in [0.1, 0.15) is 0 Å². The highest BCUT2D eigenvalue weighted by Gasteiger charge is 2.30. The maximum atomic E-state index is 12.6. The molecule has 2 fully saturated rings. The number of amides is 1. The highest BCUT2D eigenvalue weighted by molar-refractivity contribution is 7.89. The molecule has 2 saturated heterocycles. The molecule has 0 spiro atoms. The fraction of sp³-hybridized carbons (Fsp3) is 0.611. The van der Waals surface area contributed by atoms with E-state index in [1.165, 1.54) is 4.31 Å². The Balaban J connectivity index is 0.00000243. The lowest BCUT2D eigenvalue weighted by atomic mass is 9.93. The number of carbonyl (C=O) groups excluding carboxylic acids is 1. The van der Waals surface area contributed by atoms with Gasteiger partial charge in [0.25, 0.3) is 0 Å². The summed E-state index contributed by atoms with van der Waals surface area (Å²) in [5.74, 6) is 0.806. The minimum absolute atomic E-state index is 0. The van der Waals surface area contributed by atoms with E-state index in [-0.39, 0.29) is 18.3 Å². The molecule has 2 aliphatic rings. The van der Waals surface area contributed by atoms with Crippen molar-refractivity contribution in [3.63, 3.8) is 0 Å². The predicted octanol–water partition coefficient (Wildman–Crippen LogP) is 1.72. The van der Waals surface area contributed by atoms with Crippen LogP contribution in [0.3, 0.4) is 0 Å². The molecule has 6 nitrogen and oxygen atoms in total. The van der Waals surface area contributed by atoms with Crippen LogP contribution in [0.5, 0.6) is 0 Å². The summed E-state index contributed by atoms with van der Waals surface area (Å²) >= 11 is 0. The minimum Gasteiger partial charge on any atom is -0.340 e. The molecule has 26 heavy (non-hydrogen) atoms. The molecule has 8 heteroatoms. The summed E-state index contributed by atoms with van der Waals surface area (Å²) < 4.78 is 26.7. The van der Waals surface area contributed by atoms with E-state index in [0.29, 0.717) is 43.4 Å². The van der Waals surface area contributed by atoms with Gasteiger partial charge in [0.15, 0.2) is 0 Å². The van der Waals surface area contributed by atoms with Gasteiger partial charge in [-0.3, -0.25) is 4.79 Å². The number of piperidine rings is 1. The summed E-state index contributed by atoms with van der Waals surface area (Å²) in [5.41, 5.74) is 0. The first-order valence-electron chi connectivity index (χ1n) is 9.11. The van der Waals surface area contributed by atoms with E-state index in [4.69, 9.17) is 0 Å². The molecule has 0 unspecified atom stereocenters. The molecule has 3 rings (SSSR count). The number of sulfonamides is 1. The zero-order valence-electron chi connectivity index (χ0n) is 15.0. The summed E-state index contributed by atoms with van der Waals surface area (Å²) in [5, 5.41) is 3.34. The number of rotatable bonds is 5. The highest BCUT2D eigenvalue weighted by Crippen LogP contribution is 2.20. The molecule has 1 aromatic carbocycles. The Morgan fingerprint density at radius 1 is 1.04 bits per heavy atom. The molecule has 0 radical (unpaired) electrons. The van der Waals surface area contributed by atoms with Crippen molar-refractivity contribution in [3.8, 4) is 0 Å². The van der Waals surface area contributed by atoms with Crippen molar-refractivity contribution in [3.05, 3.63) is 30.3 Å². The van der Waals surface area contributed by atoms with Crippen LogP contribution in [0.2, 0.25) is 0 Å². The molecular weight excluding hydrogens is 374 g/mol. The number of halogens is 1. The smallest absolute Gasteiger partial charge is 0.243 e. The van der Waals surface area contributed by atoms with Crippen molar-refractivity contribution in [2.75, 3.05) is 39.3 Å². The molecule has 1 N–H and O–H groups in total. The first-order valence-corrected chi connectivity index (χ1v) is 10.5. The van der Waals surface area contributed by atoms with Gasteiger partial charge in [-0.2, -0.15) is 4.31 Å². The zero-order chi connectivity index (χ0) is 17.7. The largest absolute Gasteiger partial charge is 0.340 e. The van der Waals surface area contributed by atoms with Gasteiger partial charge in [-0.25, -0.2) is 8.42 Å². The van der Waals surface area contributed by atoms with E-state index >= 15 is 0 Å². The third-order valence-corrected chi connectivity index (χ3v) is 7.11. The predicted molar refractivity (Wildman–Crippen MR) is 104 cm³/mol. The fourth-order valence-electron chi connectivity index (χ4n) is 3.58. The van der Waals surface area contributed by atoms with E-state index in [2.05, 4.69) is 5.32 Å². The Morgan fingerprint density at radius 2 is 1.65 bits per heavy atom. The summed E-state index contributed by atoms with van der Waals surface area (Å²) in [4.78, 5) is 14.5. The van der Waals surface area contributed by atoms with Gasteiger partial charge in [-0.1, -0.05) is 18.2 Å². The van der Waals surface area contributed by atoms with Gasteiger partial charge >= 0.3 is 0 Å². The lowest BCUT2D eigenvalue weighted by molar-refractivity contribution is -0.132. The Morgan fingerprint density at radius 3 is 2.27 bits per heavy atom. The zero-order valence-corrected chi connectivity index (χ0v) is 16.6. The van der Waals surface area contributed by atoms with Crippen molar-refractivity contribution in [1.82, 2.24) is 14.5 Å². The van der Waals surface area contributed by atoms with Crippen LogP contribution < -0.4 is 5.32 Å². The molecule has 2 aliphatic heterocycles. The van der Waals surface area contributed by atoms with Gasteiger partial charge in [0.2, 0.25) is 15.9 Å². The van der Waals surface area contributed by atoms with E-state index in [9.17, 15) is 13.2 Å². The van der Waals surface area contributed by atoms with Crippen LogP contribution in [0.4, 0.5) is 0 Å². The van der Waals surface area contributed by atoms with Crippen molar-refractivity contribution in [1.29, 1.82) is 0 Å². The van der Waals surface area contributed by atoms with Gasteiger partial charge in [-0.15, -0.1) is 12.4 Å². The first-order chi connectivity index (χ1) is 12.1. The number of benzene rings is 1. The summed E-state index contributed by atoms with van der Waals surface area (Å²) in [7, 11) is -3.45. The van der Waals surface area contributed by atoms with Crippen LogP contribution in [0, 0.1) is 5.92 Å². The normalized spacial score (nSPS) is 19.8. The first kappa shape index (κ1) is 21.2. The molecule has 0 bridgehead atoms.